The molecule has 0 aromatic carbocycles. The van der Waals surface area contributed by atoms with Crippen molar-refractivity contribution in [1.82, 2.24) is 19.5 Å². The first-order valence-electron chi connectivity index (χ1n) is 5.58. The summed E-state index contributed by atoms with van der Waals surface area (Å²) in [5.74, 6) is 1.16. The minimum atomic E-state index is 0.381. The van der Waals surface area contributed by atoms with Crippen molar-refractivity contribution >= 4 is 12.2 Å². The molecule has 0 fully saturated rings. The van der Waals surface area contributed by atoms with Crippen LogP contribution in [0.3, 0.4) is 0 Å². The van der Waals surface area contributed by atoms with Crippen molar-refractivity contribution < 1.29 is 0 Å². The minimum Gasteiger partial charge on any atom is -0.342 e. The van der Waals surface area contributed by atoms with Crippen LogP contribution in [0, 0.1) is 11.6 Å². The van der Waals surface area contributed by atoms with Gasteiger partial charge in [0.25, 0.3) is 0 Å². The molecule has 2 rings (SSSR count). The lowest BCUT2D eigenvalue weighted by atomic mass is 10.0. The van der Waals surface area contributed by atoms with Crippen LogP contribution in [0.15, 0.2) is 12.5 Å². The molecular formula is C12H16N4S. The molecule has 2 aromatic heterocycles. The van der Waals surface area contributed by atoms with Crippen LogP contribution in [0.4, 0.5) is 0 Å². The molecule has 2 aromatic rings. The second-order valence-electron chi connectivity index (χ2n) is 4.47. The van der Waals surface area contributed by atoms with Crippen LogP contribution in [0.5, 0.6) is 0 Å². The third-order valence-electron chi connectivity index (χ3n) is 2.79. The van der Waals surface area contributed by atoms with Gasteiger partial charge in [0.15, 0.2) is 5.82 Å². The van der Waals surface area contributed by atoms with Gasteiger partial charge in [0.05, 0.1) is 12.5 Å². The van der Waals surface area contributed by atoms with Crippen LogP contribution in [-0.4, -0.2) is 19.5 Å². The molecule has 5 heteroatoms. The zero-order chi connectivity index (χ0) is 12.6. The van der Waals surface area contributed by atoms with E-state index in [1.54, 1.807) is 12.5 Å². The van der Waals surface area contributed by atoms with Gasteiger partial charge in [0.2, 0.25) is 0 Å². The van der Waals surface area contributed by atoms with Crippen molar-refractivity contribution in [2.24, 2.45) is 7.05 Å². The summed E-state index contributed by atoms with van der Waals surface area (Å²) in [6, 6.07) is 0. The van der Waals surface area contributed by atoms with E-state index < -0.39 is 0 Å². The molecule has 0 aliphatic carbocycles. The van der Waals surface area contributed by atoms with Crippen LogP contribution in [0.1, 0.15) is 31.0 Å². The first-order chi connectivity index (χ1) is 8.00. The summed E-state index contributed by atoms with van der Waals surface area (Å²) in [6.45, 7) is 6.28. The molecule has 2 heterocycles. The third kappa shape index (κ3) is 2.15. The number of H-pyrrole nitrogens is 1. The van der Waals surface area contributed by atoms with Crippen LogP contribution in [0.2, 0.25) is 0 Å². The average Bonchev–Trinajstić information content (AvgIpc) is 2.62. The molecule has 4 nitrogen and oxygen atoms in total. The van der Waals surface area contributed by atoms with Crippen LogP contribution in [0.25, 0.3) is 11.5 Å². The lowest BCUT2D eigenvalue weighted by Crippen LogP contribution is -2.03. The Labute approximate surface area is 106 Å². The number of aromatic amines is 1. The molecule has 90 valence electrons. The van der Waals surface area contributed by atoms with Crippen LogP contribution >= 0.6 is 12.2 Å². The maximum atomic E-state index is 5.36. The topological polar surface area (TPSA) is 46.5 Å². The number of nitrogens with zero attached hydrogens (tertiary/aromatic N) is 3. The van der Waals surface area contributed by atoms with Gasteiger partial charge >= 0.3 is 0 Å². The van der Waals surface area contributed by atoms with Gasteiger partial charge in [-0.3, -0.25) is 0 Å². The Balaban J connectivity index is 2.61. The van der Waals surface area contributed by atoms with Crippen molar-refractivity contribution in [3.63, 3.8) is 0 Å². The van der Waals surface area contributed by atoms with Crippen molar-refractivity contribution in [3.8, 4) is 11.5 Å². The summed E-state index contributed by atoms with van der Waals surface area (Å²) in [5, 5.41) is 0. The van der Waals surface area contributed by atoms with Gasteiger partial charge in [-0.2, -0.15) is 0 Å². The molecule has 0 atom stereocenters. The second-order valence-corrected chi connectivity index (χ2v) is 4.86. The lowest BCUT2D eigenvalue weighted by Gasteiger charge is -2.11. The molecule has 17 heavy (non-hydrogen) atoms. The number of rotatable bonds is 2. The summed E-state index contributed by atoms with van der Waals surface area (Å²) in [4.78, 5) is 11.8. The fourth-order valence-electron chi connectivity index (χ4n) is 1.98. The predicted molar refractivity (Wildman–Crippen MR) is 70.4 cm³/mol. The van der Waals surface area contributed by atoms with E-state index in [1.165, 1.54) is 0 Å². The summed E-state index contributed by atoms with van der Waals surface area (Å²) in [5.41, 5.74) is 3.14. The van der Waals surface area contributed by atoms with Crippen LogP contribution in [-0.2, 0) is 7.05 Å². The molecule has 0 bridgehead atoms. The Bertz CT molecular complexity index is 595. The highest BCUT2D eigenvalue weighted by atomic mass is 32.1. The molecule has 1 N–H and O–H groups in total. The third-order valence-corrected chi connectivity index (χ3v) is 3.10. The van der Waals surface area contributed by atoms with Gasteiger partial charge in [-0.25, -0.2) is 9.97 Å². The van der Waals surface area contributed by atoms with Crippen molar-refractivity contribution in [2.45, 2.75) is 26.7 Å². The quantitative estimate of drug-likeness (QED) is 0.831. The first kappa shape index (κ1) is 12.0. The van der Waals surface area contributed by atoms with E-state index in [0.717, 1.165) is 22.8 Å². The van der Waals surface area contributed by atoms with Gasteiger partial charge in [0.1, 0.15) is 10.3 Å². The zero-order valence-electron chi connectivity index (χ0n) is 10.5. The van der Waals surface area contributed by atoms with Crippen molar-refractivity contribution in [1.29, 1.82) is 0 Å². The molecule has 0 amide bonds. The standard InChI is InChI=1S/C12H16N4S/c1-7(2)10-8(3)14-11(15-12(10)17)9-5-13-6-16(9)4/h5-7H,1-4H3,(H,14,15,17). The Morgan fingerprint density at radius 2 is 2.12 bits per heavy atom. The maximum absolute atomic E-state index is 5.36. The number of nitrogens with one attached hydrogen (secondary N) is 1. The lowest BCUT2D eigenvalue weighted by molar-refractivity contribution is 0.820. The zero-order valence-corrected chi connectivity index (χ0v) is 11.3. The van der Waals surface area contributed by atoms with Gasteiger partial charge in [-0.1, -0.05) is 26.1 Å². The molecular weight excluding hydrogens is 232 g/mol. The van der Waals surface area contributed by atoms with E-state index in [0.29, 0.717) is 10.6 Å². The van der Waals surface area contributed by atoms with E-state index in [2.05, 4.69) is 28.8 Å². The number of aromatic nitrogens is 4. The minimum absolute atomic E-state index is 0.381. The average molecular weight is 248 g/mol. The number of hydrogen-bond donors (Lipinski definition) is 1. The Morgan fingerprint density at radius 1 is 1.41 bits per heavy atom. The van der Waals surface area contributed by atoms with E-state index in [9.17, 15) is 0 Å². The highest BCUT2D eigenvalue weighted by molar-refractivity contribution is 7.71. The first-order valence-corrected chi connectivity index (χ1v) is 5.99. The molecule has 0 saturated carbocycles. The highest BCUT2D eigenvalue weighted by Crippen LogP contribution is 2.21. The van der Waals surface area contributed by atoms with Crippen LogP contribution < -0.4 is 0 Å². The Hall–Kier alpha value is -1.49. The monoisotopic (exact) mass is 248 g/mol. The van der Waals surface area contributed by atoms with E-state index in [1.807, 2.05) is 18.5 Å². The molecule has 0 aliphatic rings. The number of imidazole rings is 1. The predicted octanol–water partition coefficient (Wildman–Crippen LogP) is 2.97. The largest absolute Gasteiger partial charge is 0.342 e. The van der Waals surface area contributed by atoms with Gasteiger partial charge < -0.3 is 9.55 Å². The summed E-state index contributed by atoms with van der Waals surface area (Å²) in [6.07, 6.45) is 3.53. The van der Waals surface area contributed by atoms with Crippen molar-refractivity contribution in [3.05, 3.63) is 28.4 Å². The van der Waals surface area contributed by atoms with E-state index in [-0.39, 0.29) is 0 Å². The maximum Gasteiger partial charge on any atom is 0.157 e. The Kier molecular flexibility index (Phi) is 3.11. The number of hydrogen-bond acceptors (Lipinski definition) is 3. The number of aryl methyl sites for hydroxylation is 2. The molecule has 0 radical (unpaired) electrons. The summed E-state index contributed by atoms with van der Waals surface area (Å²) >= 11 is 5.36. The van der Waals surface area contributed by atoms with Gasteiger partial charge in [-0.05, 0) is 12.8 Å². The SMILES string of the molecule is Cc1[nH]c(-c2cncn2C)nc(=S)c1C(C)C. The highest BCUT2D eigenvalue weighted by Gasteiger charge is 2.11. The molecule has 0 aliphatic heterocycles. The van der Waals surface area contributed by atoms with E-state index >= 15 is 0 Å². The van der Waals surface area contributed by atoms with E-state index in [4.69, 9.17) is 12.2 Å². The normalized spacial score (nSPS) is 11.1. The fourth-order valence-corrected chi connectivity index (χ4v) is 2.46. The van der Waals surface area contributed by atoms with Gasteiger partial charge in [-0.15, -0.1) is 0 Å². The molecule has 0 spiro atoms. The molecule has 0 saturated heterocycles. The molecule has 0 unspecified atom stereocenters. The van der Waals surface area contributed by atoms with Gasteiger partial charge in [0, 0.05) is 18.3 Å². The van der Waals surface area contributed by atoms with Crippen molar-refractivity contribution in [2.75, 3.05) is 0 Å². The summed E-state index contributed by atoms with van der Waals surface area (Å²) in [7, 11) is 1.94. The smallest absolute Gasteiger partial charge is 0.157 e. The fraction of sp³-hybridized carbons (Fsp3) is 0.417. The summed E-state index contributed by atoms with van der Waals surface area (Å²) < 4.78 is 2.59. The second kappa shape index (κ2) is 4.41. The Morgan fingerprint density at radius 3 is 2.59 bits per heavy atom.